The summed E-state index contributed by atoms with van der Waals surface area (Å²) >= 11 is 2.21. The normalized spacial score (nSPS) is 11.9. The highest BCUT2D eigenvalue weighted by Gasteiger charge is 2.31. The second kappa shape index (κ2) is 7.59. The fourth-order valence-corrected chi connectivity index (χ4v) is 2.40. The van der Waals surface area contributed by atoms with Crippen LogP contribution in [-0.2, 0) is 16.9 Å². The van der Waals surface area contributed by atoms with Crippen molar-refractivity contribution in [1.29, 1.82) is 0 Å². The summed E-state index contributed by atoms with van der Waals surface area (Å²) in [7, 11) is 0. The van der Waals surface area contributed by atoms with E-state index in [2.05, 4.69) is 38.0 Å². The topological polar surface area (TPSA) is 86.5 Å². The molecule has 0 aliphatic heterocycles. The molecule has 136 valence electrons. The maximum Gasteiger partial charge on any atom is 0.408 e. The summed E-state index contributed by atoms with van der Waals surface area (Å²) < 4.78 is 17.2. The zero-order valence-corrected chi connectivity index (χ0v) is 17.1. The van der Waals surface area contributed by atoms with E-state index in [0.29, 0.717) is 11.7 Å². The summed E-state index contributed by atoms with van der Waals surface area (Å²) in [4.78, 5) is 16.2. The Morgan fingerprint density at radius 2 is 2.00 bits per heavy atom. The van der Waals surface area contributed by atoms with Gasteiger partial charge in [-0.2, -0.15) is 4.98 Å². The van der Waals surface area contributed by atoms with Gasteiger partial charge in [0.1, 0.15) is 16.9 Å². The largest absolute Gasteiger partial charge is 0.484 e. The SMILES string of the molecule is CC(C)(C)OC(=O)NC(C)(C)c1noc(COc2cccc(I)c2)n1. The van der Waals surface area contributed by atoms with Gasteiger partial charge in [-0.3, -0.25) is 0 Å². The zero-order valence-electron chi connectivity index (χ0n) is 14.9. The molecule has 1 aromatic heterocycles. The number of carbonyl (C=O) groups excluding carboxylic acids is 1. The Morgan fingerprint density at radius 3 is 2.64 bits per heavy atom. The van der Waals surface area contributed by atoms with Crippen molar-refractivity contribution in [2.45, 2.75) is 52.4 Å². The Bertz CT molecular complexity index is 737. The highest BCUT2D eigenvalue weighted by Crippen LogP contribution is 2.20. The van der Waals surface area contributed by atoms with Gasteiger partial charge in [-0.15, -0.1) is 0 Å². The molecular weight excluding hydrogens is 437 g/mol. The van der Waals surface area contributed by atoms with Crippen LogP contribution in [0.4, 0.5) is 4.79 Å². The number of carbonyl (C=O) groups is 1. The van der Waals surface area contributed by atoms with Crippen LogP contribution in [0.15, 0.2) is 28.8 Å². The van der Waals surface area contributed by atoms with E-state index in [0.717, 1.165) is 9.32 Å². The summed E-state index contributed by atoms with van der Waals surface area (Å²) in [5.41, 5.74) is -1.42. The van der Waals surface area contributed by atoms with E-state index >= 15 is 0 Å². The average Bonchev–Trinajstić information content (AvgIpc) is 2.92. The molecule has 2 rings (SSSR count). The number of benzene rings is 1. The van der Waals surface area contributed by atoms with E-state index < -0.39 is 17.2 Å². The molecule has 7 nitrogen and oxygen atoms in total. The Balaban J connectivity index is 1.98. The van der Waals surface area contributed by atoms with Crippen LogP contribution in [0.2, 0.25) is 0 Å². The lowest BCUT2D eigenvalue weighted by Gasteiger charge is -2.26. The zero-order chi connectivity index (χ0) is 18.7. The van der Waals surface area contributed by atoms with Crippen LogP contribution in [0.5, 0.6) is 5.75 Å². The number of nitrogens with zero attached hydrogens (tertiary/aromatic N) is 2. The molecule has 0 fully saturated rings. The Hall–Kier alpha value is -1.84. The molecule has 1 N–H and O–H groups in total. The van der Waals surface area contributed by atoms with E-state index in [1.807, 2.05) is 24.3 Å². The molecule has 0 bridgehead atoms. The van der Waals surface area contributed by atoms with Gasteiger partial charge in [-0.25, -0.2) is 4.79 Å². The molecule has 2 aromatic rings. The Morgan fingerprint density at radius 1 is 1.28 bits per heavy atom. The van der Waals surface area contributed by atoms with Gasteiger partial charge in [0.25, 0.3) is 5.89 Å². The van der Waals surface area contributed by atoms with Crippen LogP contribution in [-0.4, -0.2) is 21.8 Å². The summed E-state index contributed by atoms with van der Waals surface area (Å²) in [6.45, 7) is 9.09. The maximum absolute atomic E-state index is 12.0. The van der Waals surface area contributed by atoms with Crippen molar-refractivity contribution < 1.29 is 18.8 Å². The van der Waals surface area contributed by atoms with Gasteiger partial charge in [-0.05, 0) is 75.4 Å². The van der Waals surface area contributed by atoms with Gasteiger partial charge in [0.2, 0.25) is 0 Å². The number of amides is 1. The van der Waals surface area contributed by atoms with Crippen molar-refractivity contribution in [3.63, 3.8) is 0 Å². The van der Waals surface area contributed by atoms with E-state index in [4.69, 9.17) is 14.0 Å². The predicted molar refractivity (Wildman–Crippen MR) is 100 cm³/mol. The van der Waals surface area contributed by atoms with Gasteiger partial charge < -0.3 is 19.3 Å². The number of ether oxygens (including phenoxy) is 2. The third-order valence-electron chi connectivity index (χ3n) is 3.00. The summed E-state index contributed by atoms with van der Waals surface area (Å²) in [6, 6.07) is 7.65. The third-order valence-corrected chi connectivity index (χ3v) is 3.67. The first kappa shape index (κ1) is 19.5. The standard InChI is InChI=1S/C17H22IN3O4/c1-16(2,3)24-15(22)20-17(4,5)14-19-13(25-21-14)10-23-12-8-6-7-11(18)9-12/h6-9H,10H2,1-5H3,(H,20,22). The van der Waals surface area contributed by atoms with Crippen molar-refractivity contribution in [3.8, 4) is 5.75 Å². The van der Waals surface area contributed by atoms with Gasteiger partial charge in [-0.1, -0.05) is 11.2 Å². The van der Waals surface area contributed by atoms with Gasteiger partial charge in [0, 0.05) is 3.57 Å². The first-order chi connectivity index (χ1) is 11.5. The van der Waals surface area contributed by atoms with Crippen LogP contribution < -0.4 is 10.1 Å². The molecule has 0 radical (unpaired) electrons. The summed E-state index contributed by atoms with van der Waals surface area (Å²) in [5, 5.41) is 6.67. The first-order valence-corrected chi connectivity index (χ1v) is 8.86. The number of hydrogen-bond donors (Lipinski definition) is 1. The molecule has 1 aromatic carbocycles. The number of alkyl carbamates (subject to hydrolysis) is 1. The molecule has 8 heteroatoms. The minimum Gasteiger partial charge on any atom is -0.484 e. The molecule has 0 saturated heterocycles. The lowest BCUT2D eigenvalue weighted by Crippen LogP contribution is -2.44. The number of aromatic nitrogens is 2. The minimum atomic E-state index is -0.841. The van der Waals surface area contributed by atoms with E-state index in [-0.39, 0.29) is 6.61 Å². The average molecular weight is 459 g/mol. The molecular formula is C17H22IN3O4. The lowest BCUT2D eigenvalue weighted by atomic mass is 10.1. The van der Waals surface area contributed by atoms with E-state index in [9.17, 15) is 4.79 Å². The third kappa shape index (κ3) is 6.18. The summed E-state index contributed by atoms with van der Waals surface area (Å²) in [6.07, 6.45) is -0.543. The number of nitrogens with one attached hydrogen (secondary N) is 1. The number of rotatable bonds is 5. The molecule has 0 spiro atoms. The fourth-order valence-electron chi connectivity index (χ4n) is 1.88. The maximum atomic E-state index is 12.0. The van der Waals surface area contributed by atoms with Crippen molar-refractivity contribution in [2.24, 2.45) is 0 Å². The molecule has 0 saturated carbocycles. The van der Waals surface area contributed by atoms with Crippen molar-refractivity contribution in [2.75, 3.05) is 0 Å². The van der Waals surface area contributed by atoms with Crippen molar-refractivity contribution in [3.05, 3.63) is 39.6 Å². The molecule has 1 heterocycles. The molecule has 0 aliphatic carbocycles. The van der Waals surface area contributed by atoms with Gasteiger partial charge in [0.15, 0.2) is 12.4 Å². The second-order valence-electron chi connectivity index (χ2n) is 7.01. The lowest BCUT2D eigenvalue weighted by molar-refractivity contribution is 0.0465. The van der Waals surface area contributed by atoms with Crippen LogP contribution in [0.3, 0.4) is 0 Å². The fraction of sp³-hybridized carbons (Fsp3) is 0.471. The van der Waals surface area contributed by atoms with Crippen LogP contribution >= 0.6 is 22.6 Å². The number of hydrogen-bond acceptors (Lipinski definition) is 6. The van der Waals surface area contributed by atoms with E-state index in [1.54, 1.807) is 34.6 Å². The molecule has 0 aliphatic rings. The molecule has 1 amide bonds. The quantitative estimate of drug-likeness (QED) is 0.681. The van der Waals surface area contributed by atoms with Crippen molar-refractivity contribution >= 4 is 28.7 Å². The minimum absolute atomic E-state index is 0.148. The predicted octanol–water partition coefficient (Wildman–Crippen LogP) is 4.01. The highest BCUT2D eigenvalue weighted by molar-refractivity contribution is 14.1. The van der Waals surface area contributed by atoms with E-state index in [1.165, 1.54) is 0 Å². The smallest absolute Gasteiger partial charge is 0.408 e. The Kier molecular flexibility index (Phi) is 5.91. The van der Waals surface area contributed by atoms with Gasteiger partial charge >= 0.3 is 6.09 Å². The first-order valence-electron chi connectivity index (χ1n) is 7.78. The van der Waals surface area contributed by atoms with Crippen molar-refractivity contribution in [1.82, 2.24) is 15.5 Å². The summed E-state index contributed by atoms with van der Waals surface area (Å²) in [5.74, 6) is 1.39. The molecule has 25 heavy (non-hydrogen) atoms. The Labute approximate surface area is 160 Å². The number of halogens is 1. The highest BCUT2D eigenvalue weighted by atomic mass is 127. The molecule has 0 unspecified atom stereocenters. The monoisotopic (exact) mass is 459 g/mol. The second-order valence-corrected chi connectivity index (χ2v) is 8.26. The van der Waals surface area contributed by atoms with Crippen LogP contribution in [0.1, 0.15) is 46.3 Å². The van der Waals surface area contributed by atoms with Crippen LogP contribution in [0, 0.1) is 3.57 Å². The van der Waals surface area contributed by atoms with Gasteiger partial charge in [0.05, 0.1) is 0 Å². The molecule has 0 atom stereocenters. The van der Waals surface area contributed by atoms with Crippen LogP contribution in [0.25, 0.3) is 0 Å².